The highest BCUT2D eigenvalue weighted by Gasteiger charge is 2.35. The molecular formula is C11H20N2O3S. The second kappa shape index (κ2) is 4.57. The van der Waals surface area contributed by atoms with E-state index in [1.807, 2.05) is 0 Å². The van der Waals surface area contributed by atoms with E-state index < -0.39 is 15.1 Å². The van der Waals surface area contributed by atoms with Gasteiger partial charge in [-0.15, -0.1) is 0 Å². The average molecular weight is 260 g/mol. The normalized spacial score (nSPS) is 28.0. The van der Waals surface area contributed by atoms with Crippen LogP contribution in [0, 0.1) is 0 Å². The van der Waals surface area contributed by atoms with E-state index in [4.69, 9.17) is 0 Å². The first kappa shape index (κ1) is 12.8. The number of hydrogen-bond acceptors (Lipinski definition) is 4. The molecule has 2 fully saturated rings. The fourth-order valence-corrected chi connectivity index (χ4v) is 2.65. The summed E-state index contributed by atoms with van der Waals surface area (Å²) in [6.07, 6.45) is 4.56. The molecule has 6 heteroatoms. The summed E-state index contributed by atoms with van der Waals surface area (Å²) < 4.78 is 22.5. The summed E-state index contributed by atoms with van der Waals surface area (Å²) >= 11 is 0. The molecule has 1 aliphatic heterocycles. The van der Waals surface area contributed by atoms with Gasteiger partial charge in [0.15, 0.2) is 9.84 Å². The molecule has 1 heterocycles. The summed E-state index contributed by atoms with van der Waals surface area (Å²) in [6, 6.07) is 0.830. The first-order valence-electron chi connectivity index (χ1n) is 6.11. The third-order valence-corrected chi connectivity index (χ3v) is 5.14. The van der Waals surface area contributed by atoms with E-state index in [0.717, 1.165) is 25.8 Å². The Balaban J connectivity index is 1.83. The number of likely N-dealkylation sites (tertiary alicyclic amines) is 1. The molecule has 0 unspecified atom stereocenters. The molecule has 17 heavy (non-hydrogen) atoms. The van der Waals surface area contributed by atoms with Gasteiger partial charge in [0, 0.05) is 31.4 Å². The van der Waals surface area contributed by atoms with Crippen molar-refractivity contribution in [3.8, 4) is 0 Å². The molecule has 98 valence electrons. The average Bonchev–Trinajstić information content (AvgIpc) is 2.98. The van der Waals surface area contributed by atoms with Crippen LogP contribution in [0.15, 0.2) is 0 Å². The van der Waals surface area contributed by atoms with Gasteiger partial charge >= 0.3 is 0 Å². The van der Waals surface area contributed by atoms with Crippen molar-refractivity contribution in [2.45, 2.75) is 43.5 Å². The second-order valence-electron chi connectivity index (χ2n) is 5.19. The predicted octanol–water partition coefficient (Wildman–Crippen LogP) is -0.228. The Labute approximate surface area is 102 Å². The Morgan fingerprint density at radius 3 is 2.53 bits per heavy atom. The molecule has 0 aromatic carbocycles. The molecule has 2 aliphatic rings. The van der Waals surface area contributed by atoms with Gasteiger partial charge in [0.25, 0.3) is 0 Å². The van der Waals surface area contributed by atoms with Crippen LogP contribution in [-0.2, 0) is 14.6 Å². The summed E-state index contributed by atoms with van der Waals surface area (Å²) in [7, 11) is -3.29. The van der Waals surface area contributed by atoms with Crippen LogP contribution in [0.1, 0.15) is 26.2 Å². The second-order valence-corrected chi connectivity index (χ2v) is 7.56. The van der Waals surface area contributed by atoms with Crippen molar-refractivity contribution in [1.29, 1.82) is 0 Å². The molecule has 1 aliphatic carbocycles. The van der Waals surface area contributed by atoms with Crippen molar-refractivity contribution in [1.82, 2.24) is 10.2 Å². The summed E-state index contributed by atoms with van der Waals surface area (Å²) in [4.78, 5) is 14.1. The Hall–Kier alpha value is -0.620. The first-order chi connectivity index (χ1) is 7.88. The summed E-state index contributed by atoms with van der Waals surface area (Å²) in [5.41, 5.74) is 0. The van der Waals surface area contributed by atoms with Gasteiger partial charge in [0.1, 0.15) is 5.25 Å². The summed E-state index contributed by atoms with van der Waals surface area (Å²) in [5.74, 6) is -0.366. The minimum Gasteiger partial charge on any atom is -0.351 e. The van der Waals surface area contributed by atoms with Crippen LogP contribution in [0.4, 0.5) is 0 Å². The topological polar surface area (TPSA) is 66.5 Å². The highest BCUT2D eigenvalue weighted by molar-refractivity contribution is 7.92. The third kappa shape index (κ3) is 3.19. The number of hydrogen-bond donors (Lipinski definition) is 1. The number of rotatable bonds is 4. The Bertz CT molecular complexity index is 403. The zero-order chi connectivity index (χ0) is 12.6. The zero-order valence-electron chi connectivity index (χ0n) is 10.3. The van der Waals surface area contributed by atoms with Gasteiger partial charge in [0.2, 0.25) is 5.91 Å². The van der Waals surface area contributed by atoms with Gasteiger partial charge in [-0.1, -0.05) is 0 Å². The van der Waals surface area contributed by atoms with Gasteiger partial charge in [-0.3, -0.25) is 9.69 Å². The Kier molecular flexibility index (Phi) is 3.45. The lowest BCUT2D eigenvalue weighted by Crippen LogP contribution is -2.44. The van der Waals surface area contributed by atoms with Crippen molar-refractivity contribution in [2.75, 3.05) is 19.3 Å². The third-order valence-electron chi connectivity index (χ3n) is 3.64. The van der Waals surface area contributed by atoms with Crippen LogP contribution in [0.3, 0.4) is 0 Å². The van der Waals surface area contributed by atoms with E-state index >= 15 is 0 Å². The van der Waals surface area contributed by atoms with Crippen LogP contribution in [0.2, 0.25) is 0 Å². The molecule has 0 aromatic rings. The van der Waals surface area contributed by atoms with Gasteiger partial charge in [-0.2, -0.15) is 0 Å². The highest BCUT2D eigenvalue weighted by Crippen LogP contribution is 2.29. The van der Waals surface area contributed by atoms with Crippen molar-refractivity contribution in [3.63, 3.8) is 0 Å². The summed E-state index contributed by atoms with van der Waals surface area (Å²) in [5, 5.41) is 1.89. The zero-order valence-corrected chi connectivity index (χ0v) is 11.2. The van der Waals surface area contributed by atoms with Crippen LogP contribution in [0.25, 0.3) is 0 Å². The van der Waals surface area contributed by atoms with E-state index in [2.05, 4.69) is 10.2 Å². The molecule has 2 atom stereocenters. The number of carbonyl (C=O) groups excluding carboxylic acids is 1. The molecule has 1 saturated heterocycles. The fraction of sp³-hybridized carbons (Fsp3) is 0.909. The van der Waals surface area contributed by atoms with Gasteiger partial charge in [-0.05, 0) is 26.2 Å². The van der Waals surface area contributed by atoms with Crippen LogP contribution >= 0.6 is 0 Å². The van der Waals surface area contributed by atoms with E-state index in [0.29, 0.717) is 6.04 Å². The maximum atomic E-state index is 11.7. The minimum absolute atomic E-state index is 0.118. The van der Waals surface area contributed by atoms with Gasteiger partial charge in [-0.25, -0.2) is 8.42 Å². The number of nitrogens with one attached hydrogen (secondary N) is 1. The molecule has 1 saturated carbocycles. The number of carbonyl (C=O) groups is 1. The molecule has 0 spiro atoms. The van der Waals surface area contributed by atoms with Crippen molar-refractivity contribution in [2.24, 2.45) is 0 Å². The number of amides is 1. The van der Waals surface area contributed by atoms with Crippen molar-refractivity contribution in [3.05, 3.63) is 0 Å². The van der Waals surface area contributed by atoms with Gasteiger partial charge in [0.05, 0.1) is 0 Å². The first-order valence-corrected chi connectivity index (χ1v) is 8.06. The highest BCUT2D eigenvalue weighted by atomic mass is 32.2. The van der Waals surface area contributed by atoms with E-state index in [-0.39, 0.29) is 11.9 Å². The maximum Gasteiger partial charge on any atom is 0.238 e. The van der Waals surface area contributed by atoms with E-state index in [1.54, 1.807) is 0 Å². The van der Waals surface area contributed by atoms with Crippen LogP contribution < -0.4 is 5.32 Å². The molecule has 1 N–H and O–H groups in total. The molecule has 0 radical (unpaired) electrons. The Morgan fingerprint density at radius 1 is 1.35 bits per heavy atom. The minimum atomic E-state index is -3.29. The maximum absolute atomic E-state index is 11.7. The van der Waals surface area contributed by atoms with Crippen LogP contribution in [-0.4, -0.2) is 55.9 Å². The fourth-order valence-electron chi connectivity index (χ4n) is 2.19. The molecule has 1 amide bonds. The van der Waals surface area contributed by atoms with Gasteiger partial charge < -0.3 is 5.32 Å². The molecular weight excluding hydrogens is 240 g/mol. The molecule has 0 aromatic heterocycles. The molecule has 5 nitrogen and oxygen atoms in total. The standard InChI is InChI=1S/C11H20N2O3S/c1-8(17(2,15)16)11(14)12-9-5-6-13(7-9)10-3-4-10/h8-10H,3-7H2,1-2H3,(H,12,14)/t8-,9-/m0/s1. The van der Waals surface area contributed by atoms with Crippen molar-refractivity contribution < 1.29 is 13.2 Å². The van der Waals surface area contributed by atoms with Crippen molar-refractivity contribution >= 4 is 15.7 Å². The smallest absolute Gasteiger partial charge is 0.238 e. The molecule has 0 bridgehead atoms. The van der Waals surface area contributed by atoms with E-state index in [1.165, 1.54) is 19.8 Å². The lowest BCUT2D eigenvalue weighted by atomic mass is 10.2. The lowest BCUT2D eigenvalue weighted by molar-refractivity contribution is -0.121. The van der Waals surface area contributed by atoms with Crippen LogP contribution in [0.5, 0.6) is 0 Å². The number of nitrogens with zero attached hydrogens (tertiary/aromatic N) is 1. The Morgan fingerprint density at radius 2 is 2.00 bits per heavy atom. The SMILES string of the molecule is C[C@@H](C(=O)N[C@H]1CCN(C2CC2)C1)S(C)(=O)=O. The lowest BCUT2D eigenvalue weighted by Gasteiger charge is -2.17. The number of sulfone groups is 1. The monoisotopic (exact) mass is 260 g/mol. The van der Waals surface area contributed by atoms with E-state index in [9.17, 15) is 13.2 Å². The molecule has 2 rings (SSSR count). The largest absolute Gasteiger partial charge is 0.351 e. The predicted molar refractivity (Wildman–Crippen MR) is 65.4 cm³/mol. The quantitative estimate of drug-likeness (QED) is 0.758. The summed E-state index contributed by atoms with van der Waals surface area (Å²) in [6.45, 7) is 3.33.